The Balaban J connectivity index is 1.64. The second-order valence-corrected chi connectivity index (χ2v) is 14.2. The average Bonchev–Trinajstić information content (AvgIpc) is 3.15. The third-order valence-electron chi connectivity index (χ3n) is 4.82. The lowest BCUT2D eigenvalue weighted by Gasteiger charge is -2.14. The summed E-state index contributed by atoms with van der Waals surface area (Å²) in [5.41, 5.74) is 8.13. The Bertz CT molecular complexity index is 1070. The lowest BCUT2D eigenvalue weighted by atomic mass is 10.2. The number of aliphatic hydroxyl groups excluding tert-OH is 1. The zero-order valence-electron chi connectivity index (χ0n) is 18.9. The molecule has 2 aromatic heterocycles. The minimum Gasteiger partial charge on any atom is -0.439 e. The van der Waals surface area contributed by atoms with Crippen LogP contribution in [0.1, 0.15) is 5.56 Å². The molecule has 170 valence electrons. The lowest BCUT2D eigenvalue weighted by Crippen LogP contribution is -2.37. The molecule has 0 amide bonds. The standard InChI is InChI=1S/C23H31N5O3Si/c1-32(2,3)13-12-30-17-26-21(8-9-24)18-4-7-23(25-15-18)31-20-5-6-22-19(14-20)16-27-28(22)10-11-29/h4-9,14-16,29H,10-13,17H2,1-3H3,(H2,24,26)/p+1. The second-order valence-electron chi connectivity index (χ2n) is 8.61. The summed E-state index contributed by atoms with van der Waals surface area (Å²) in [4.78, 5) is 8.92. The Morgan fingerprint density at radius 2 is 2.12 bits per heavy atom. The van der Waals surface area contributed by atoms with Crippen molar-refractivity contribution < 1.29 is 19.3 Å². The topological polar surface area (TPSA) is 110 Å². The maximum absolute atomic E-state index is 9.14. The quantitative estimate of drug-likeness (QED) is 0.178. The summed E-state index contributed by atoms with van der Waals surface area (Å²) in [6.07, 6.45) is 6.78. The highest BCUT2D eigenvalue weighted by molar-refractivity contribution is 6.76. The molecule has 4 N–H and O–H groups in total. The minimum absolute atomic E-state index is 0.0734. The fourth-order valence-electron chi connectivity index (χ4n) is 3.06. The van der Waals surface area contributed by atoms with E-state index in [0.717, 1.165) is 29.1 Å². The van der Waals surface area contributed by atoms with Gasteiger partial charge in [0, 0.05) is 38.6 Å². The van der Waals surface area contributed by atoms with Crippen molar-refractivity contribution in [3.05, 3.63) is 60.6 Å². The van der Waals surface area contributed by atoms with E-state index in [1.54, 1.807) is 18.3 Å². The number of allylic oxidation sites excluding steroid dienone is 1. The van der Waals surface area contributed by atoms with Gasteiger partial charge in [0.25, 0.3) is 0 Å². The van der Waals surface area contributed by atoms with E-state index in [2.05, 4.69) is 34.7 Å². The smallest absolute Gasteiger partial charge is 0.238 e. The predicted octanol–water partition coefficient (Wildman–Crippen LogP) is 3.21. The number of nitrogens with two attached hydrogens (primary N) is 1. The normalized spacial score (nSPS) is 12.7. The van der Waals surface area contributed by atoms with Crippen LogP contribution in [0.15, 0.2) is 60.0 Å². The van der Waals surface area contributed by atoms with Gasteiger partial charge >= 0.3 is 0 Å². The number of hydrogen-bond donors (Lipinski definition) is 3. The van der Waals surface area contributed by atoms with Crippen LogP contribution in [-0.4, -0.2) is 48.9 Å². The summed E-state index contributed by atoms with van der Waals surface area (Å²) in [6, 6.07) is 10.6. The predicted molar refractivity (Wildman–Crippen MR) is 129 cm³/mol. The number of aromatic amines is 1. The van der Waals surface area contributed by atoms with Crippen LogP contribution < -0.4 is 15.2 Å². The molecule has 0 spiro atoms. The van der Waals surface area contributed by atoms with Crippen LogP contribution in [0.25, 0.3) is 10.9 Å². The largest absolute Gasteiger partial charge is 0.439 e. The Labute approximate surface area is 189 Å². The molecule has 0 saturated carbocycles. The number of benzene rings is 1. The molecular weight excluding hydrogens is 422 g/mol. The van der Waals surface area contributed by atoms with E-state index in [1.165, 1.54) is 6.20 Å². The molecule has 0 aliphatic carbocycles. The maximum atomic E-state index is 9.14. The average molecular weight is 455 g/mol. The van der Waals surface area contributed by atoms with Crippen molar-refractivity contribution in [3.8, 4) is 11.6 Å². The molecule has 0 aliphatic heterocycles. The molecule has 0 fully saturated rings. The van der Waals surface area contributed by atoms with Crippen molar-refractivity contribution >= 4 is 24.7 Å². The first-order valence-corrected chi connectivity index (χ1v) is 14.4. The monoisotopic (exact) mass is 454 g/mol. The number of aromatic nitrogens is 3. The highest BCUT2D eigenvalue weighted by Gasteiger charge is 2.13. The lowest BCUT2D eigenvalue weighted by molar-refractivity contribution is -0.727. The van der Waals surface area contributed by atoms with Crippen LogP contribution in [0.4, 0.5) is 0 Å². The summed E-state index contributed by atoms with van der Waals surface area (Å²) < 4.78 is 13.5. The van der Waals surface area contributed by atoms with E-state index in [0.29, 0.717) is 23.9 Å². The van der Waals surface area contributed by atoms with Crippen molar-refractivity contribution in [3.63, 3.8) is 0 Å². The molecule has 32 heavy (non-hydrogen) atoms. The molecule has 0 unspecified atom stereocenters. The van der Waals surface area contributed by atoms with Crippen molar-refractivity contribution in [1.82, 2.24) is 10.1 Å². The van der Waals surface area contributed by atoms with Crippen molar-refractivity contribution in [2.45, 2.75) is 32.2 Å². The SMILES string of the molecule is C[Si](C)(C)CCOC/N=C(/C=C\N)c1ccc(Oc2ccc3c(c[nH][n+]3CCO)c2)nc1. The second kappa shape index (κ2) is 11.0. The number of fused-ring (bicyclic) bond motifs is 1. The van der Waals surface area contributed by atoms with Crippen LogP contribution in [0, 0.1) is 0 Å². The molecule has 0 radical (unpaired) electrons. The molecule has 3 aromatic rings. The molecule has 1 aromatic carbocycles. The Kier molecular flexibility index (Phi) is 8.15. The van der Waals surface area contributed by atoms with Crippen molar-refractivity contribution in [2.75, 3.05) is 19.9 Å². The third-order valence-corrected chi connectivity index (χ3v) is 6.52. The highest BCUT2D eigenvalue weighted by atomic mass is 28.3. The van der Waals surface area contributed by atoms with Gasteiger partial charge < -0.3 is 20.3 Å². The molecular formula is C23H32N5O3Si+. The Morgan fingerprint density at radius 1 is 1.28 bits per heavy atom. The number of H-pyrrole nitrogens is 1. The van der Waals surface area contributed by atoms with Crippen LogP contribution in [0.2, 0.25) is 25.7 Å². The highest BCUT2D eigenvalue weighted by Crippen LogP contribution is 2.23. The van der Waals surface area contributed by atoms with Gasteiger partial charge in [0.2, 0.25) is 11.4 Å². The molecule has 0 atom stereocenters. The minimum atomic E-state index is -1.11. The van der Waals surface area contributed by atoms with Gasteiger partial charge in [0.05, 0.1) is 17.3 Å². The zero-order chi connectivity index (χ0) is 23.0. The van der Waals surface area contributed by atoms with Crippen LogP contribution in [0.3, 0.4) is 0 Å². The number of rotatable bonds is 11. The van der Waals surface area contributed by atoms with Gasteiger partial charge in [-0.25, -0.2) is 4.98 Å². The maximum Gasteiger partial charge on any atom is 0.238 e. The number of ether oxygens (including phenoxy) is 2. The van der Waals surface area contributed by atoms with Gasteiger partial charge in [-0.05, 0) is 36.5 Å². The number of nitrogens with zero attached hydrogens (tertiary/aromatic N) is 3. The number of nitrogens with one attached hydrogen (secondary N) is 1. The van der Waals surface area contributed by atoms with Gasteiger partial charge in [-0.1, -0.05) is 19.6 Å². The molecule has 0 bridgehead atoms. The first-order chi connectivity index (χ1) is 15.4. The molecule has 3 rings (SSSR count). The summed E-state index contributed by atoms with van der Waals surface area (Å²) in [5.74, 6) is 1.16. The van der Waals surface area contributed by atoms with Gasteiger partial charge in [-0.2, -0.15) is 5.10 Å². The summed E-state index contributed by atoms with van der Waals surface area (Å²) in [5, 5.41) is 13.3. The van der Waals surface area contributed by atoms with Crippen LogP contribution >= 0.6 is 0 Å². The molecule has 8 nitrogen and oxygen atoms in total. The van der Waals surface area contributed by atoms with E-state index in [4.69, 9.17) is 20.3 Å². The van der Waals surface area contributed by atoms with E-state index in [1.807, 2.05) is 35.1 Å². The van der Waals surface area contributed by atoms with Crippen molar-refractivity contribution in [2.24, 2.45) is 10.7 Å². The van der Waals surface area contributed by atoms with E-state index in [9.17, 15) is 0 Å². The van der Waals surface area contributed by atoms with E-state index < -0.39 is 8.07 Å². The first kappa shape index (κ1) is 23.6. The molecule has 2 heterocycles. The third kappa shape index (κ3) is 6.74. The van der Waals surface area contributed by atoms with Gasteiger partial charge in [0.1, 0.15) is 19.1 Å². The Hall–Kier alpha value is -3.01. The summed E-state index contributed by atoms with van der Waals surface area (Å²) in [7, 11) is -1.11. The van der Waals surface area contributed by atoms with Crippen LogP contribution in [-0.2, 0) is 11.3 Å². The number of aliphatic hydroxyl groups is 1. The fraction of sp³-hybridized carbons (Fsp3) is 0.348. The first-order valence-electron chi connectivity index (χ1n) is 10.7. The Morgan fingerprint density at radius 3 is 2.81 bits per heavy atom. The zero-order valence-corrected chi connectivity index (χ0v) is 19.9. The summed E-state index contributed by atoms with van der Waals surface area (Å²) in [6.45, 7) is 8.55. The molecule has 9 heteroatoms. The number of hydrogen-bond acceptors (Lipinski definition) is 6. The van der Waals surface area contributed by atoms with Gasteiger partial charge in [-0.3, -0.25) is 4.99 Å². The van der Waals surface area contributed by atoms with E-state index in [-0.39, 0.29) is 13.3 Å². The molecule has 0 saturated heterocycles. The van der Waals surface area contributed by atoms with Gasteiger partial charge in [0.15, 0.2) is 6.54 Å². The summed E-state index contributed by atoms with van der Waals surface area (Å²) >= 11 is 0. The van der Waals surface area contributed by atoms with Crippen molar-refractivity contribution in [1.29, 1.82) is 0 Å². The fourth-order valence-corrected chi connectivity index (χ4v) is 3.82. The molecule has 0 aliphatic rings. The van der Waals surface area contributed by atoms with E-state index >= 15 is 0 Å². The number of aliphatic imine (C=N–C) groups is 1. The number of pyridine rings is 1. The van der Waals surface area contributed by atoms with Gasteiger partial charge in [-0.15, -0.1) is 4.68 Å². The van der Waals surface area contributed by atoms with Crippen LogP contribution in [0.5, 0.6) is 11.6 Å².